The fourth-order valence-corrected chi connectivity index (χ4v) is 2.18. The van der Waals surface area contributed by atoms with E-state index in [9.17, 15) is 10.1 Å². The van der Waals surface area contributed by atoms with Crippen molar-refractivity contribution in [3.05, 3.63) is 63.2 Å². The lowest BCUT2D eigenvalue weighted by molar-refractivity contribution is -0.384. The first-order valence-electron chi connectivity index (χ1n) is 6.29. The van der Waals surface area contributed by atoms with Crippen LogP contribution in [0, 0.1) is 30.0 Å². The summed E-state index contributed by atoms with van der Waals surface area (Å²) in [5, 5.41) is 10.9. The van der Waals surface area contributed by atoms with Gasteiger partial charge in [0.2, 0.25) is 0 Å². The summed E-state index contributed by atoms with van der Waals surface area (Å²) < 4.78 is 0. The van der Waals surface area contributed by atoms with Gasteiger partial charge >= 0.3 is 0 Å². The maximum absolute atomic E-state index is 10.9. The molecular formula is C16H16NO2. The Kier molecular flexibility index (Phi) is 3.65. The molecule has 0 bridgehead atoms. The van der Waals surface area contributed by atoms with Crippen molar-refractivity contribution in [3.63, 3.8) is 0 Å². The molecule has 0 fully saturated rings. The van der Waals surface area contributed by atoms with E-state index in [1.807, 2.05) is 32.9 Å². The van der Waals surface area contributed by atoms with E-state index < -0.39 is 0 Å². The molecule has 0 unspecified atom stereocenters. The van der Waals surface area contributed by atoms with E-state index in [1.165, 1.54) is 6.07 Å². The summed E-state index contributed by atoms with van der Waals surface area (Å²) in [5.41, 5.74) is 5.34. The van der Waals surface area contributed by atoms with Gasteiger partial charge in [-0.25, -0.2) is 0 Å². The number of benzene rings is 2. The molecule has 19 heavy (non-hydrogen) atoms. The zero-order valence-electron chi connectivity index (χ0n) is 11.4. The van der Waals surface area contributed by atoms with Crippen LogP contribution in [0.1, 0.15) is 23.6 Å². The fraction of sp³-hybridized carbons (Fsp3) is 0.250. The third-order valence-corrected chi connectivity index (χ3v) is 3.26. The summed E-state index contributed by atoms with van der Waals surface area (Å²) in [6.07, 6.45) is 0.806. The number of nitrogens with zero attached hydrogens (tertiary/aromatic N) is 1. The van der Waals surface area contributed by atoms with E-state index in [2.05, 4.69) is 12.1 Å². The number of nitro benzene ring substituents is 1. The molecule has 0 amide bonds. The maximum atomic E-state index is 10.9. The minimum absolute atomic E-state index is 0.0908. The van der Waals surface area contributed by atoms with Gasteiger partial charge in [-0.05, 0) is 48.6 Å². The molecule has 2 aromatic carbocycles. The average Bonchev–Trinajstić information content (AvgIpc) is 2.40. The average molecular weight is 254 g/mol. The fourth-order valence-electron chi connectivity index (χ4n) is 2.18. The van der Waals surface area contributed by atoms with Gasteiger partial charge in [0, 0.05) is 12.1 Å². The van der Waals surface area contributed by atoms with Gasteiger partial charge in [-0.2, -0.15) is 0 Å². The molecule has 2 rings (SSSR count). The largest absolute Gasteiger partial charge is 0.270 e. The maximum Gasteiger partial charge on any atom is 0.270 e. The molecule has 1 radical (unpaired) electrons. The first-order valence-corrected chi connectivity index (χ1v) is 6.29. The van der Waals surface area contributed by atoms with E-state index in [-0.39, 0.29) is 10.6 Å². The predicted molar refractivity (Wildman–Crippen MR) is 76.2 cm³/mol. The van der Waals surface area contributed by atoms with Crippen molar-refractivity contribution in [1.29, 1.82) is 0 Å². The highest BCUT2D eigenvalue weighted by atomic mass is 16.6. The first-order chi connectivity index (χ1) is 9.02. The van der Waals surface area contributed by atoms with E-state index in [0.29, 0.717) is 0 Å². The molecule has 3 heteroatoms. The molecule has 0 aliphatic rings. The molecule has 0 aromatic heterocycles. The predicted octanol–water partition coefficient (Wildman–Crippen LogP) is 4.24. The standard InChI is InChI=1S/C16H16NO2/c1-4-13-7-8-14(17(18)19)10-16(13)15-9-11(2)5-6-12(15)3/h5-6,8-10H,4H2,1-3H3. The topological polar surface area (TPSA) is 43.1 Å². The molecule has 2 aromatic rings. The van der Waals surface area contributed by atoms with E-state index in [0.717, 1.165) is 34.2 Å². The molecule has 3 nitrogen and oxygen atoms in total. The summed E-state index contributed by atoms with van der Waals surface area (Å²) >= 11 is 0. The van der Waals surface area contributed by atoms with Gasteiger partial charge in [-0.3, -0.25) is 10.1 Å². The lowest BCUT2D eigenvalue weighted by Crippen LogP contribution is -1.95. The number of hydrogen-bond donors (Lipinski definition) is 0. The third kappa shape index (κ3) is 2.65. The van der Waals surface area contributed by atoms with Crippen LogP contribution in [0.3, 0.4) is 0 Å². The Morgan fingerprint density at radius 2 is 1.95 bits per heavy atom. The summed E-state index contributed by atoms with van der Waals surface area (Å²) in [5.74, 6) is 0. The monoisotopic (exact) mass is 254 g/mol. The Balaban J connectivity index is 2.68. The van der Waals surface area contributed by atoms with Gasteiger partial charge in [0.25, 0.3) is 5.69 Å². The number of aryl methyl sites for hydroxylation is 3. The molecule has 0 spiro atoms. The molecule has 0 saturated heterocycles. The van der Waals surface area contributed by atoms with Gasteiger partial charge in [0.15, 0.2) is 0 Å². The minimum Gasteiger partial charge on any atom is -0.258 e. The van der Waals surface area contributed by atoms with Crippen LogP contribution < -0.4 is 0 Å². The van der Waals surface area contributed by atoms with Crippen molar-refractivity contribution in [1.82, 2.24) is 0 Å². The van der Waals surface area contributed by atoms with Crippen LogP contribution >= 0.6 is 0 Å². The quantitative estimate of drug-likeness (QED) is 0.607. The van der Waals surface area contributed by atoms with Crippen LogP contribution in [-0.4, -0.2) is 4.92 Å². The second-order valence-corrected chi connectivity index (χ2v) is 4.68. The zero-order chi connectivity index (χ0) is 14.0. The summed E-state index contributed by atoms with van der Waals surface area (Å²) in [6, 6.07) is 12.3. The number of nitro groups is 1. The number of rotatable bonds is 3. The SMILES string of the molecule is CCc1[c]cc([N+](=O)[O-])cc1-c1cc(C)ccc1C. The summed E-state index contributed by atoms with van der Waals surface area (Å²) in [4.78, 5) is 10.6. The van der Waals surface area contributed by atoms with Crippen molar-refractivity contribution in [2.45, 2.75) is 27.2 Å². The third-order valence-electron chi connectivity index (χ3n) is 3.26. The molecule has 0 aliphatic heterocycles. The Morgan fingerprint density at radius 1 is 1.21 bits per heavy atom. The summed E-state index contributed by atoms with van der Waals surface area (Å²) in [6.45, 7) is 6.08. The van der Waals surface area contributed by atoms with Crippen molar-refractivity contribution >= 4 is 5.69 Å². The number of hydrogen-bond acceptors (Lipinski definition) is 2. The smallest absolute Gasteiger partial charge is 0.258 e. The second kappa shape index (κ2) is 5.22. The Labute approximate surface area is 113 Å². The number of non-ortho nitro benzene ring substituents is 1. The van der Waals surface area contributed by atoms with Gasteiger partial charge in [-0.15, -0.1) is 0 Å². The molecule has 0 aliphatic carbocycles. The van der Waals surface area contributed by atoms with Gasteiger partial charge < -0.3 is 0 Å². The van der Waals surface area contributed by atoms with Crippen molar-refractivity contribution in [3.8, 4) is 11.1 Å². The van der Waals surface area contributed by atoms with Crippen LogP contribution in [0.25, 0.3) is 11.1 Å². The lowest BCUT2D eigenvalue weighted by Gasteiger charge is -2.11. The highest BCUT2D eigenvalue weighted by molar-refractivity contribution is 5.73. The van der Waals surface area contributed by atoms with E-state index in [4.69, 9.17) is 0 Å². The highest BCUT2D eigenvalue weighted by Gasteiger charge is 2.13. The summed E-state index contributed by atoms with van der Waals surface area (Å²) in [7, 11) is 0. The van der Waals surface area contributed by atoms with E-state index >= 15 is 0 Å². The Morgan fingerprint density at radius 3 is 2.58 bits per heavy atom. The molecule has 97 valence electrons. The molecule has 0 N–H and O–H groups in total. The van der Waals surface area contributed by atoms with Crippen molar-refractivity contribution in [2.24, 2.45) is 0 Å². The van der Waals surface area contributed by atoms with Crippen LogP contribution in [0.4, 0.5) is 5.69 Å². The Hall–Kier alpha value is -2.16. The van der Waals surface area contributed by atoms with Gasteiger partial charge in [0.05, 0.1) is 4.92 Å². The normalized spacial score (nSPS) is 10.5. The molecule has 0 saturated carbocycles. The molecule has 0 heterocycles. The van der Waals surface area contributed by atoms with Crippen molar-refractivity contribution in [2.75, 3.05) is 0 Å². The Bertz CT molecular complexity index is 633. The molecular weight excluding hydrogens is 238 g/mol. The van der Waals surface area contributed by atoms with E-state index in [1.54, 1.807) is 6.07 Å². The highest BCUT2D eigenvalue weighted by Crippen LogP contribution is 2.31. The van der Waals surface area contributed by atoms with Crippen LogP contribution in [0.5, 0.6) is 0 Å². The lowest BCUT2D eigenvalue weighted by atomic mass is 9.93. The first kappa shape index (κ1) is 13.3. The second-order valence-electron chi connectivity index (χ2n) is 4.68. The van der Waals surface area contributed by atoms with Crippen molar-refractivity contribution < 1.29 is 4.92 Å². The van der Waals surface area contributed by atoms with Crippen LogP contribution in [0.15, 0.2) is 30.3 Å². The van der Waals surface area contributed by atoms with Crippen LogP contribution in [0.2, 0.25) is 0 Å². The van der Waals surface area contributed by atoms with Crippen LogP contribution in [-0.2, 0) is 6.42 Å². The minimum atomic E-state index is -0.370. The van der Waals surface area contributed by atoms with Gasteiger partial charge in [0.1, 0.15) is 0 Å². The zero-order valence-corrected chi connectivity index (χ0v) is 11.4. The molecule has 0 atom stereocenters. The van der Waals surface area contributed by atoms with Gasteiger partial charge in [-0.1, -0.05) is 30.7 Å².